The van der Waals surface area contributed by atoms with E-state index in [2.05, 4.69) is 5.32 Å². The highest BCUT2D eigenvalue weighted by molar-refractivity contribution is 5.89. The van der Waals surface area contributed by atoms with E-state index in [1.54, 1.807) is 12.1 Å². The van der Waals surface area contributed by atoms with Gasteiger partial charge in [-0.25, -0.2) is 4.79 Å². The van der Waals surface area contributed by atoms with Crippen LogP contribution in [0.2, 0.25) is 0 Å². The second-order valence-electron chi connectivity index (χ2n) is 5.25. The summed E-state index contributed by atoms with van der Waals surface area (Å²) in [6.45, 7) is 0.595. The molecular weight excluding hydrogens is 254 g/mol. The Kier molecular flexibility index (Phi) is 5.87. The number of ether oxygens (including phenoxy) is 1. The SMILES string of the molecule is O=C(OC1CCCCCC1)c1ccc(NCCO)cc1. The predicted octanol–water partition coefficient (Wildman–Crippen LogP) is 2.97. The highest BCUT2D eigenvalue weighted by Crippen LogP contribution is 2.21. The molecule has 4 heteroatoms. The van der Waals surface area contributed by atoms with E-state index in [-0.39, 0.29) is 18.7 Å². The number of hydrogen-bond acceptors (Lipinski definition) is 4. The van der Waals surface area contributed by atoms with Crippen LogP contribution in [-0.4, -0.2) is 30.3 Å². The Hall–Kier alpha value is -1.55. The number of aliphatic hydroxyl groups excluding tert-OH is 1. The van der Waals surface area contributed by atoms with E-state index in [1.165, 1.54) is 12.8 Å². The minimum Gasteiger partial charge on any atom is -0.459 e. The molecule has 2 rings (SSSR count). The van der Waals surface area contributed by atoms with Crippen LogP contribution in [0.5, 0.6) is 0 Å². The monoisotopic (exact) mass is 277 g/mol. The Balaban J connectivity index is 1.88. The molecule has 20 heavy (non-hydrogen) atoms. The molecule has 1 aromatic rings. The van der Waals surface area contributed by atoms with Crippen molar-refractivity contribution in [3.05, 3.63) is 29.8 Å². The summed E-state index contributed by atoms with van der Waals surface area (Å²) >= 11 is 0. The molecule has 1 fully saturated rings. The Labute approximate surface area is 120 Å². The topological polar surface area (TPSA) is 58.6 Å². The van der Waals surface area contributed by atoms with Gasteiger partial charge < -0.3 is 15.2 Å². The summed E-state index contributed by atoms with van der Waals surface area (Å²) in [5.41, 5.74) is 1.48. The van der Waals surface area contributed by atoms with Crippen molar-refractivity contribution in [2.45, 2.75) is 44.6 Å². The van der Waals surface area contributed by atoms with E-state index >= 15 is 0 Å². The van der Waals surface area contributed by atoms with Gasteiger partial charge in [0.1, 0.15) is 6.10 Å². The van der Waals surface area contributed by atoms with Gasteiger partial charge in [0.25, 0.3) is 0 Å². The van der Waals surface area contributed by atoms with Crippen LogP contribution >= 0.6 is 0 Å². The molecule has 1 aromatic carbocycles. The summed E-state index contributed by atoms with van der Waals surface area (Å²) < 4.78 is 5.58. The Morgan fingerprint density at radius 2 is 1.80 bits per heavy atom. The van der Waals surface area contributed by atoms with E-state index in [0.29, 0.717) is 12.1 Å². The fraction of sp³-hybridized carbons (Fsp3) is 0.562. The van der Waals surface area contributed by atoms with Gasteiger partial charge in [-0.05, 0) is 49.9 Å². The van der Waals surface area contributed by atoms with Crippen molar-refractivity contribution in [3.63, 3.8) is 0 Å². The molecule has 2 N–H and O–H groups in total. The van der Waals surface area contributed by atoms with Crippen LogP contribution in [0.4, 0.5) is 5.69 Å². The third-order valence-corrected chi connectivity index (χ3v) is 3.64. The van der Waals surface area contributed by atoms with Crippen molar-refractivity contribution in [1.82, 2.24) is 0 Å². The molecule has 1 aliphatic carbocycles. The Morgan fingerprint density at radius 1 is 1.15 bits per heavy atom. The Bertz CT molecular complexity index is 408. The summed E-state index contributed by atoms with van der Waals surface area (Å²) in [7, 11) is 0. The van der Waals surface area contributed by atoms with Gasteiger partial charge in [0, 0.05) is 12.2 Å². The van der Waals surface area contributed by atoms with E-state index in [4.69, 9.17) is 9.84 Å². The zero-order valence-corrected chi connectivity index (χ0v) is 11.8. The maximum absolute atomic E-state index is 12.1. The van der Waals surface area contributed by atoms with Crippen LogP contribution in [0.3, 0.4) is 0 Å². The van der Waals surface area contributed by atoms with Gasteiger partial charge in [0.05, 0.1) is 12.2 Å². The maximum atomic E-state index is 12.1. The van der Waals surface area contributed by atoms with Crippen molar-refractivity contribution in [2.24, 2.45) is 0 Å². The van der Waals surface area contributed by atoms with E-state index < -0.39 is 0 Å². The van der Waals surface area contributed by atoms with E-state index in [9.17, 15) is 4.79 Å². The largest absolute Gasteiger partial charge is 0.459 e. The molecule has 0 aromatic heterocycles. The molecule has 1 aliphatic rings. The van der Waals surface area contributed by atoms with Gasteiger partial charge in [0.15, 0.2) is 0 Å². The van der Waals surface area contributed by atoms with Gasteiger partial charge in [-0.2, -0.15) is 0 Å². The molecule has 0 bridgehead atoms. The quantitative estimate of drug-likeness (QED) is 0.641. The molecule has 0 spiro atoms. The first kappa shape index (κ1) is 14.9. The number of carbonyl (C=O) groups excluding carboxylic acids is 1. The summed E-state index contributed by atoms with van der Waals surface area (Å²) in [6.07, 6.45) is 6.86. The lowest BCUT2D eigenvalue weighted by atomic mass is 10.1. The van der Waals surface area contributed by atoms with Crippen molar-refractivity contribution in [3.8, 4) is 0 Å². The van der Waals surface area contributed by atoms with Crippen LogP contribution in [-0.2, 0) is 4.74 Å². The molecule has 0 saturated heterocycles. The van der Waals surface area contributed by atoms with Crippen LogP contribution < -0.4 is 5.32 Å². The fourth-order valence-corrected chi connectivity index (χ4v) is 2.50. The van der Waals surface area contributed by atoms with Crippen LogP contribution in [0.15, 0.2) is 24.3 Å². The average Bonchev–Trinajstić information content (AvgIpc) is 2.74. The van der Waals surface area contributed by atoms with Gasteiger partial charge in [-0.15, -0.1) is 0 Å². The number of rotatable bonds is 5. The molecule has 110 valence electrons. The lowest BCUT2D eigenvalue weighted by Crippen LogP contribution is -2.17. The van der Waals surface area contributed by atoms with E-state index in [0.717, 1.165) is 31.4 Å². The van der Waals surface area contributed by atoms with Crippen LogP contribution in [0.1, 0.15) is 48.9 Å². The first-order valence-corrected chi connectivity index (χ1v) is 7.45. The molecule has 0 radical (unpaired) electrons. The van der Waals surface area contributed by atoms with Crippen molar-refractivity contribution >= 4 is 11.7 Å². The fourth-order valence-electron chi connectivity index (χ4n) is 2.50. The molecule has 0 aliphatic heterocycles. The summed E-state index contributed by atoms with van der Waals surface area (Å²) in [6, 6.07) is 7.19. The lowest BCUT2D eigenvalue weighted by molar-refractivity contribution is 0.0267. The number of carbonyl (C=O) groups is 1. The second kappa shape index (κ2) is 7.90. The Morgan fingerprint density at radius 3 is 2.40 bits per heavy atom. The average molecular weight is 277 g/mol. The molecule has 0 amide bonds. The zero-order chi connectivity index (χ0) is 14.2. The first-order valence-electron chi connectivity index (χ1n) is 7.45. The standard InChI is InChI=1S/C16H23NO3/c18-12-11-17-14-9-7-13(8-10-14)16(19)20-15-5-3-1-2-4-6-15/h7-10,15,17-18H,1-6,11-12H2. The maximum Gasteiger partial charge on any atom is 0.338 e. The van der Waals surface area contributed by atoms with Crippen LogP contribution in [0.25, 0.3) is 0 Å². The van der Waals surface area contributed by atoms with Crippen molar-refractivity contribution < 1.29 is 14.6 Å². The van der Waals surface area contributed by atoms with Gasteiger partial charge in [-0.1, -0.05) is 12.8 Å². The zero-order valence-electron chi connectivity index (χ0n) is 11.8. The number of esters is 1. The number of aliphatic hydroxyl groups is 1. The summed E-state index contributed by atoms with van der Waals surface area (Å²) in [5.74, 6) is -0.231. The first-order chi connectivity index (χ1) is 9.79. The highest BCUT2D eigenvalue weighted by Gasteiger charge is 2.17. The van der Waals surface area contributed by atoms with Crippen LogP contribution in [0, 0.1) is 0 Å². The van der Waals surface area contributed by atoms with E-state index in [1.807, 2.05) is 12.1 Å². The molecule has 0 unspecified atom stereocenters. The minimum atomic E-state index is -0.231. The molecule has 0 atom stereocenters. The number of nitrogens with one attached hydrogen (secondary N) is 1. The normalized spacial score (nSPS) is 16.4. The van der Waals surface area contributed by atoms with Gasteiger partial charge >= 0.3 is 5.97 Å². The lowest BCUT2D eigenvalue weighted by Gasteiger charge is -2.15. The third-order valence-electron chi connectivity index (χ3n) is 3.64. The molecule has 4 nitrogen and oxygen atoms in total. The van der Waals surface area contributed by atoms with Gasteiger partial charge in [-0.3, -0.25) is 0 Å². The number of anilines is 1. The smallest absolute Gasteiger partial charge is 0.338 e. The number of benzene rings is 1. The highest BCUT2D eigenvalue weighted by atomic mass is 16.5. The molecule has 1 saturated carbocycles. The van der Waals surface area contributed by atoms with Crippen molar-refractivity contribution in [2.75, 3.05) is 18.5 Å². The summed E-state index contributed by atoms with van der Waals surface area (Å²) in [4.78, 5) is 12.1. The van der Waals surface area contributed by atoms with Crippen molar-refractivity contribution in [1.29, 1.82) is 0 Å². The molecule has 0 heterocycles. The third kappa shape index (κ3) is 4.53. The second-order valence-corrected chi connectivity index (χ2v) is 5.25. The predicted molar refractivity (Wildman–Crippen MR) is 78.9 cm³/mol. The number of hydrogen-bond donors (Lipinski definition) is 2. The minimum absolute atomic E-state index is 0.0807. The molecular formula is C16H23NO3. The van der Waals surface area contributed by atoms with Gasteiger partial charge in [0.2, 0.25) is 0 Å². The summed E-state index contributed by atoms with van der Waals surface area (Å²) in [5, 5.41) is 11.8.